The lowest BCUT2D eigenvalue weighted by molar-refractivity contribution is -0.189. The van der Waals surface area contributed by atoms with Crippen molar-refractivity contribution in [2.24, 2.45) is 0 Å². The minimum absolute atomic E-state index is 0.533. The standard InChI is InChI=1S/C15H17BrO4/c16-12-3-1-11(2-4-12)14(13(17)18)5-7-15(8-6-14)19-9-10-20-15/h1-4H,5-10H2,(H,17,18). The monoisotopic (exact) mass is 340 g/mol. The van der Waals surface area contributed by atoms with Gasteiger partial charge in [0.05, 0.1) is 18.6 Å². The van der Waals surface area contributed by atoms with Crippen molar-refractivity contribution < 1.29 is 19.4 Å². The van der Waals surface area contributed by atoms with Crippen molar-refractivity contribution in [1.82, 2.24) is 0 Å². The average Bonchev–Trinajstić information content (AvgIpc) is 2.89. The van der Waals surface area contributed by atoms with Gasteiger partial charge in [0.25, 0.3) is 0 Å². The van der Waals surface area contributed by atoms with E-state index in [1.807, 2.05) is 24.3 Å². The molecular formula is C15H17BrO4. The Bertz CT molecular complexity index is 495. The molecule has 5 heteroatoms. The molecule has 0 unspecified atom stereocenters. The van der Waals surface area contributed by atoms with E-state index in [-0.39, 0.29) is 0 Å². The molecular weight excluding hydrogens is 324 g/mol. The summed E-state index contributed by atoms with van der Waals surface area (Å²) in [7, 11) is 0. The molecule has 0 radical (unpaired) electrons. The Labute approximate surface area is 126 Å². The third-order valence-electron chi connectivity index (χ3n) is 4.49. The third kappa shape index (κ3) is 2.28. The van der Waals surface area contributed by atoms with Crippen LogP contribution in [0.1, 0.15) is 31.2 Å². The molecule has 1 N–H and O–H groups in total. The van der Waals surface area contributed by atoms with Crippen molar-refractivity contribution >= 4 is 21.9 Å². The second kappa shape index (κ2) is 5.13. The average molecular weight is 341 g/mol. The van der Waals surface area contributed by atoms with E-state index in [0.717, 1.165) is 10.0 Å². The molecule has 1 spiro atoms. The summed E-state index contributed by atoms with van der Waals surface area (Å²) in [5, 5.41) is 9.75. The summed E-state index contributed by atoms with van der Waals surface area (Å²) in [6.07, 6.45) is 2.36. The minimum Gasteiger partial charge on any atom is -0.481 e. The lowest BCUT2D eigenvalue weighted by Gasteiger charge is -2.41. The number of aliphatic carboxylic acids is 1. The Morgan fingerprint density at radius 1 is 1.05 bits per heavy atom. The molecule has 1 aromatic carbocycles. The predicted molar refractivity (Wildman–Crippen MR) is 76.6 cm³/mol. The number of hydrogen-bond donors (Lipinski definition) is 1. The number of carboxylic acids is 1. The summed E-state index contributed by atoms with van der Waals surface area (Å²) in [4.78, 5) is 11.9. The van der Waals surface area contributed by atoms with Crippen LogP contribution in [0.25, 0.3) is 0 Å². The van der Waals surface area contributed by atoms with E-state index in [9.17, 15) is 9.90 Å². The van der Waals surface area contributed by atoms with Crippen molar-refractivity contribution in [3.8, 4) is 0 Å². The molecule has 0 bridgehead atoms. The Morgan fingerprint density at radius 2 is 1.60 bits per heavy atom. The second-order valence-corrected chi connectivity index (χ2v) is 6.42. The van der Waals surface area contributed by atoms with E-state index >= 15 is 0 Å². The van der Waals surface area contributed by atoms with Crippen LogP contribution in [0.2, 0.25) is 0 Å². The van der Waals surface area contributed by atoms with Crippen LogP contribution in [0.3, 0.4) is 0 Å². The van der Waals surface area contributed by atoms with Gasteiger partial charge in [-0.15, -0.1) is 0 Å². The minimum atomic E-state index is -0.818. The summed E-state index contributed by atoms with van der Waals surface area (Å²) in [6, 6.07) is 7.58. The van der Waals surface area contributed by atoms with Crippen LogP contribution < -0.4 is 0 Å². The Hall–Kier alpha value is -0.910. The van der Waals surface area contributed by atoms with E-state index in [2.05, 4.69) is 15.9 Å². The van der Waals surface area contributed by atoms with Crippen LogP contribution in [0, 0.1) is 0 Å². The van der Waals surface area contributed by atoms with Crippen molar-refractivity contribution in [3.05, 3.63) is 34.3 Å². The molecule has 1 aliphatic carbocycles. The molecule has 0 aromatic heterocycles. The molecule has 2 fully saturated rings. The smallest absolute Gasteiger partial charge is 0.314 e. The fourth-order valence-electron chi connectivity index (χ4n) is 3.24. The van der Waals surface area contributed by atoms with Crippen molar-refractivity contribution in [2.45, 2.75) is 36.9 Å². The lowest BCUT2D eigenvalue weighted by atomic mass is 9.68. The van der Waals surface area contributed by atoms with Gasteiger partial charge in [0.2, 0.25) is 0 Å². The Balaban J connectivity index is 1.87. The topological polar surface area (TPSA) is 55.8 Å². The molecule has 1 heterocycles. The summed E-state index contributed by atoms with van der Waals surface area (Å²) in [5.74, 6) is -1.29. The fourth-order valence-corrected chi connectivity index (χ4v) is 3.50. The number of rotatable bonds is 2. The molecule has 20 heavy (non-hydrogen) atoms. The molecule has 4 nitrogen and oxygen atoms in total. The maximum absolute atomic E-state index is 11.9. The molecule has 0 atom stereocenters. The van der Waals surface area contributed by atoms with Gasteiger partial charge in [-0.2, -0.15) is 0 Å². The maximum Gasteiger partial charge on any atom is 0.314 e. The number of benzene rings is 1. The Morgan fingerprint density at radius 3 is 2.10 bits per heavy atom. The van der Waals surface area contributed by atoms with E-state index in [1.54, 1.807) is 0 Å². The van der Waals surface area contributed by atoms with E-state index < -0.39 is 17.2 Å². The predicted octanol–water partition coefficient (Wildman–Crippen LogP) is 3.09. The summed E-state index contributed by atoms with van der Waals surface area (Å²) in [5.41, 5.74) is 0.0439. The molecule has 0 amide bonds. The zero-order valence-corrected chi connectivity index (χ0v) is 12.7. The van der Waals surface area contributed by atoms with Gasteiger partial charge in [-0.25, -0.2) is 0 Å². The fraction of sp³-hybridized carbons (Fsp3) is 0.533. The SMILES string of the molecule is O=C(O)C1(c2ccc(Br)cc2)CCC2(CC1)OCCO2. The van der Waals surface area contributed by atoms with Crippen molar-refractivity contribution in [3.63, 3.8) is 0 Å². The normalized spacial score (nSPS) is 23.9. The molecule has 1 aromatic rings. The number of carboxylic acid groups (broad SMARTS) is 1. The van der Waals surface area contributed by atoms with Crippen molar-refractivity contribution in [2.75, 3.05) is 13.2 Å². The maximum atomic E-state index is 11.9. The quantitative estimate of drug-likeness (QED) is 0.898. The van der Waals surface area contributed by atoms with Gasteiger partial charge >= 0.3 is 5.97 Å². The van der Waals surface area contributed by atoms with Gasteiger partial charge in [-0.1, -0.05) is 28.1 Å². The Kier molecular flexibility index (Phi) is 3.60. The highest BCUT2D eigenvalue weighted by Gasteiger charge is 2.50. The number of halogens is 1. The van der Waals surface area contributed by atoms with Crippen LogP contribution in [0.15, 0.2) is 28.7 Å². The number of carbonyl (C=O) groups is 1. The highest BCUT2D eigenvalue weighted by Crippen LogP contribution is 2.46. The molecule has 3 rings (SSSR count). The van der Waals surface area contributed by atoms with Crippen LogP contribution in [-0.2, 0) is 19.7 Å². The van der Waals surface area contributed by atoms with Gasteiger partial charge in [0.1, 0.15) is 0 Å². The molecule has 108 valence electrons. The zero-order chi connectivity index (χ0) is 14.2. The lowest BCUT2D eigenvalue weighted by Crippen LogP contribution is -2.46. The van der Waals surface area contributed by atoms with Crippen LogP contribution in [0.4, 0.5) is 0 Å². The van der Waals surface area contributed by atoms with Gasteiger partial charge in [-0.3, -0.25) is 4.79 Å². The highest BCUT2D eigenvalue weighted by atomic mass is 79.9. The largest absolute Gasteiger partial charge is 0.481 e. The molecule has 1 aliphatic heterocycles. The summed E-state index contributed by atoms with van der Waals surface area (Å²) in [6.45, 7) is 1.22. The first-order valence-electron chi connectivity index (χ1n) is 6.84. The molecule has 1 saturated heterocycles. The van der Waals surface area contributed by atoms with Crippen LogP contribution in [-0.4, -0.2) is 30.1 Å². The number of hydrogen-bond acceptors (Lipinski definition) is 3. The second-order valence-electron chi connectivity index (χ2n) is 5.50. The van der Waals surface area contributed by atoms with Crippen LogP contribution in [0.5, 0.6) is 0 Å². The van der Waals surface area contributed by atoms with Crippen LogP contribution >= 0.6 is 15.9 Å². The summed E-state index contributed by atoms with van der Waals surface area (Å²) < 4.78 is 12.3. The van der Waals surface area contributed by atoms with E-state index in [4.69, 9.17) is 9.47 Å². The van der Waals surface area contributed by atoms with Gasteiger partial charge in [0.15, 0.2) is 5.79 Å². The molecule has 2 aliphatic rings. The van der Waals surface area contributed by atoms with Crippen molar-refractivity contribution in [1.29, 1.82) is 0 Å². The van der Waals surface area contributed by atoms with Gasteiger partial charge in [-0.05, 0) is 30.5 Å². The van der Waals surface area contributed by atoms with Gasteiger partial charge in [0, 0.05) is 17.3 Å². The first kappa shape index (κ1) is 14.0. The highest BCUT2D eigenvalue weighted by molar-refractivity contribution is 9.10. The third-order valence-corrected chi connectivity index (χ3v) is 5.01. The van der Waals surface area contributed by atoms with E-state index in [1.165, 1.54) is 0 Å². The molecule has 1 saturated carbocycles. The first-order valence-corrected chi connectivity index (χ1v) is 7.63. The summed E-state index contributed by atoms with van der Waals surface area (Å²) >= 11 is 3.39. The van der Waals surface area contributed by atoms with E-state index in [0.29, 0.717) is 38.9 Å². The first-order chi connectivity index (χ1) is 9.56. The number of ether oxygens (including phenoxy) is 2. The van der Waals surface area contributed by atoms with Gasteiger partial charge < -0.3 is 14.6 Å². The zero-order valence-electron chi connectivity index (χ0n) is 11.1.